The predicted molar refractivity (Wildman–Crippen MR) is 108 cm³/mol. The van der Waals surface area contributed by atoms with Gasteiger partial charge in [-0.15, -0.1) is 24.0 Å². The van der Waals surface area contributed by atoms with Crippen LogP contribution < -0.4 is 10.6 Å². The number of aliphatic imine (C=N–C) groups is 1. The van der Waals surface area contributed by atoms with E-state index < -0.39 is 0 Å². The lowest BCUT2D eigenvalue weighted by molar-refractivity contribution is 0.624. The molecule has 124 valence electrons. The lowest BCUT2D eigenvalue weighted by atomic mass is 10.1. The fraction of sp³-hybridized carbons (Fsp3) is 0.333. The van der Waals surface area contributed by atoms with Crippen LogP contribution in [0.2, 0.25) is 0 Å². The molecule has 4 nitrogen and oxygen atoms in total. The molecule has 23 heavy (non-hydrogen) atoms. The van der Waals surface area contributed by atoms with Gasteiger partial charge in [0.05, 0.1) is 5.69 Å². The summed E-state index contributed by atoms with van der Waals surface area (Å²) in [5.41, 5.74) is 3.33. The number of pyridine rings is 1. The number of rotatable bonds is 5. The van der Waals surface area contributed by atoms with Gasteiger partial charge in [-0.3, -0.25) is 9.98 Å². The summed E-state index contributed by atoms with van der Waals surface area (Å²) in [6.45, 7) is 5.03. The van der Waals surface area contributed by atoms with Crippen molar-refractivity contribution in [1.82, 2.24) is 15.6 Å². The number of nitrogens with one attached hydrogen (secondary N) is 2. The van der Waals surface area contributed by atoms with Crippen LogP contribution in [0.5, 0.6) is 0 Å². The molecule has 1 atom stereocenters. The first-order valence-corrected chi connectivity index (χ1v) is 7.70. The molecule has 1 heterocycles. The second-order valence-electron chi connectivity index (χ2n) is 5.29. The van der Waals surface area contributed by atoms with E-state index in [1.165, 1.54) is 5.56 Å². The standard InChI is InChI=1S/C18H24N4.HI/c1-4-14(2)22-18(19-3)21-13-15-8-7-9-16(12-15)17-10-5-6-11-20-17;/h5-12,14H,4,13H2,1-3H3,(H2,19,21,22);1H. The van der Waals surface area contributed by atoms with Crippen LogP contribution in [0, 0.1) is 0 Å². The molecule has 2 N–H and O–H groups in total. The van der Waals surface area contributed by atoms with E-state index >= 15 is 0 Å². The first kappa shape index (κ1) is 19.4. The molecule has 1 aromatic heterocycles. The third kappa shape index (κ3) is 6.17. The number of nitrogens with zero attached hydrogens (tertiary/aromatic N) is 2. The number of guanidine groups is 1. The second kappa shape index (κ2) is 10.2. The van der Waals surface area contributed by atoms with Crippen LogP contribution in [0.25, 0.3) is 11.3 Å². The van der Waals surface area contributed by atoms with E-state index in [0.717, 1.165) is 30.2 Å². The van der Waals surface area contributed by atoms with Gasteiger partial charge in [-0.2, -0.15) is 0 Å². The van der Waals surface area contributed by atoms with Crippen molar-refractivity contribution in [1.29, 1.82) is 0 Å². The van der Waals surface area contributed by atoms with Crippen molar-refractivity contribution in [3.63, 3.8) is 0 Å². The number of hydrogen-bond donors (Lipinski definition) is 2. The Morgan fingerprint density at radius 3 is 2.70 bits per heavy atom. The monoisotopic (exact) mass is 424 g/mol. The quantitative estimate of drug-likeness (QED) is 0.436. The van der Waals surface area contributed by atoms with Gasteiger partial charge in [-0.25, -0.2) is 0 Å². The molecule has 0 fully saturated rings. The van der Waals surface area contributed by atoms with Gasteiger partial charge < -0.3 is 10.6 Å². The van der Waals surface area contributed by atoms with Gasteiger partial charge in [-0.05, 0) is 37.1 Å². The third-order valence-corrected chi connectivity index (χ3v) is 3.57. The number of halogens is 1. The highest BCUT2D eigenvalue weighted by Crippen LogP contribution is 2.17. The Balaban J connectivity index is 0.00000264. The molecular formula is C18H25IN4. The fourth-order valence-corrected chi connectivity index (χ4v) is 2.09. The molecule has 2 rings (SSSR count). The molecule has 1 aromatic carbocycles. The summed E-state index contributed by atoms with van der Waals surface area (Å²) >= 11 is 0. The summed E-state index contributed by atoms with van der Waals surface area (Å²) in [6, 6.07) is 14.8. The Kier molecular flexibility index (Phi) is 8.61. The number of hydrogen-bond acceptors (Lipinski definition) is 2. The molecule has 0 radical (unpaired) electrons. The lowest BCUT2D eigenvalue weighted by Crippen LogP contribution is -2.41. The predicted octanol–water partition coefficient (Wildman–Crippen LogP) is 3.83. The SMILES string of the molecule is CCC(C)NC(=NC)NCc1cccc(-c2ccccn2)c1.I. The van der Waals surface area contributed by atoms with E-state index in [1.807, 2.05) is 24.4 Å². The summed E-state index contributed by atoms with van der Waals surface area (Å²) < 4.78 is 0. The zero-order valence-corrected chi connectivity index (χ0v) is 16.2. The molecule has 0 aliphatic heterocycles. The smallest absolute Gasteiger partial charge is 0.191 e. The lowest BCUT2D eigenvalue weighted by Gasteiger charge is -2.16. The molecule has 0 aliphatic carbocycles. The summed E-state index contributed by atoms with van der Waals surface area (Å²) in [6.07, 6.45) is 2.88. The molecular weight excluding hydrogens is 399 g/mol. The minimum absolute atomic E-state index is 0. The van der Waals surface area contributed by atoms with Gasteiger partial charge in [0, 0.05) is 31.4 Å². The van der Waals surface area contributed by atoms with Gasteiger partial charge in [-0.1, -0.05) is 31.2 Å². The number of aromatic nitrogens is 1. The van der Waals surface area contributed by atoms with Gasteiger partial charge in [0.25, 0.3) is 0 Å². The molecule has 5 heteroatoms. The van der Waals surface area contributed by atoms with Crippen molar-refractivity contribution in [3.8, 4) is 11.3 Å². The Bertz CT molecular complexity index is 613. The van der Waals surface area contributed by atoms with E-state index in [2.05, 4.69) is 58.7 Å². The van der Waals surface area contributed by atoms with Crippen molar-refractivity contribution >= 4 is 29.9 Å². The highest BCUT2D eigenvalue weighted by atomic mass is 127. The van der Waals surface area contributed by atoms with Crippen molar-refractivity contribution in [2.24, 2.45) is 4.99 Å². The van der Waals surface area contributed by atoms with Crippen molar-refractivity contribution < 1.29 is 0 Å². The van der Waals surface area contributed by atoms with Gasteiger partial charge in [0.15, 0.2) is 5.96 Å². The minimum Gasteiger partial charge on any atom is -0.354 e. The van der Waals surface area contributed by atoms with E-state index in [1.54, 1.807) is 7.05 Å². The minimum atomic E-state index is 0. The van der Waals surface area contributed by atoms with Crippen molar-refractivity contribution in [2.75, 3.05) is 7.05 Å². The molecule has 0 bridgehead atoms. The molecule has 0 spiro atoms. The van der Waals surface area contributed by atoms with Gasteiger partial charge >= 0.3 is 0 Å². The Morgan fingerprint density at radius 2 is 2.04 bits per heavy atom. The van der Waals surface area contributed by atoms with Gasteiger partial charge in [0.2, 0.25) is 0 Å². The maximum atomic E-state index is 4.40. The van der Waals surface area contributed by atoms with Crippen LogP contribution in [0.4, 0.5) is 0 Å². The summed E-state index contributed by atoms with van der Waals surface area (Å²) in [5, 5.41) is 6.71. The maximum Gasteiger partial charge on any atom is 0.191 e. The summed E-state index contributed by atoms with van der Waals surface area (Å²) in [5.74, 6) is 0.831. The zero-order chi connectivity index (χ0) is 15.8. The molecule has 0 saturated heterocycles. The third-order valence-electron chi connectivity index (χ3n) is 3.57. The Morgan fingerprint density at radius 1 is 1.22 bits per heavy atom. The van der Waals surface area contributed by atoms with Crippen LogP contribution in [0.15, 0.2) is 53.7 Å². The fourth-order valence-electron chi connectivity index (χ4n) is 2.09. The first-order chi connectivity index (χ1) is 10.7. The summed E-state index contributed by atoms with van der Waals surface area (Å²) in [4.78, 5) is 8.65. The largest absolute Gasteiger partial charge is 0.354 e. The van der Waals surface area contributed by atoms with Crippen LogP contribution in [0.3, 0.4) is 0 Å². The second-order valence-corrected chi connectivity index (χ2v) is 5.29. The van der Waals surface area contributed by atoms with Crippen LogP contribution in [0.1, 0.15) is 25.8 Å². The summed E-state index contributed by atoms with van der Waals surface area (Å²) in [7, 11) is 1.79. The normalized spacial score (nSPS) is 12.2. The van der Waals surface area contributed by atoms with Crippen LogP contribution in [-0.2, 0) is 6.54 Å². The highest BCUT2D eigenvalue weighted by Gasteiger charge is 2.04. The van der Waals surface area contributed by atoms with Crippen molar-refractivity contribution in [2.45, 2.75) is 32.9 Å². The van der Waals surface area contributed by atoms with Gasteiger partial charge in [0.1, 0.15) is 0 Å². The Labute approximate surface area is 155 Å². The molecule has 0 aliphatic rings. The Hall–Kier alpha value is -1.63. The molecule has 1 unspecified atom stereocenters. The molecule has 2 aromatic rings. The van der Waals surface area contributed by atoms with Crippen LogP contribution >= 0.6 is 24.0 Å². The zero-order valence-electron chi connectivity index (χ0n) is 13.9. The average molecular weight is 424 g/mol. The van der Waals surface area contributed by atoms with E-state index in [4.69, 9.17) is 0 Å². The maximum absolute atomic E-state index is 4.40. The topological polar surface area (TPSA) is 49.3 Å². The van der Waals surface area contributed by atoms with Crippen LogP contribution in [-0.4, -0.2) is 24.0 Å². The first-order valence-electron chi connectivity index (χ1n) is 7.70. The van der Waals surface area contributed by atoms with E-state index in [-0.39, 0.29) is 24.0 Å². The van der Waals surface area contributed by atoms with E-state index in [9.17, 15) is 0 Å². The molecule has 0 saturated carbocycles. The average Bonchev–Trinajstić information content (AvgIpc) is 2.59. The van der Waals surface area contributed by atoms with E-state index in [0.29, 0.717) is 6.04 Å². The molecule has 0 amide bonds. The number of benzene rings is 1. The highest BCUT2D eigenvalue weighted by molar-refractivity contribution is 14.0. The van der Waals surface area contributed by atoms with Crippen molar-refractivity contribution in [3.05, 3.63) is 54.2 Å².